The van der Waals surface area contributed by atoms with E-state index in [0.717, 1.165) is 25.7 Å². The van der Waals surface area contributed by atoms with Crippen molar-refractivity contribution in [1.82, 2.24) is 0 Å². The van der Waals surface area contributed by atoms with E-state index in [1.807, 2.05) is 12.1 Å². The number of carbonyl (C=O) groups is 1. The van der Waals surface area contributed by atoms with E-state index in [4.69, 9.17) is 18.9 Å². The normalized spacial score (nSPS) is 25.4. The molecule has 1 aliphatic carbocycles. The number of hydrogen-bond donors (Lipinski definition) is 0. The Bertz CT molecular complexity index is 528. The van der Waals surface area contributed by atoms with E-state index in [2.05, 4.69) is 24.3 Å². The average Bonchev–Trinajstić information content (AvgIpc) is 2.63. The van der Waals surface area contributed by atoms with Crippen LogP contribution in [0.3, 0.4) is 0 Å². The number of ether oxygens (including phenoxy) is 4. The number of hydrogen-bond acceptors (Lipinski definition) is 5. The molecule has 3 unspecified atom stereocenters. The highest BCUT2D eigenvalue weighted by Gasteiger charge is 2.32. The smallest absolute Gasteiger partial charge is 0.186 e. The summed E-state index contributed by atoms with van der Waals surface area (Å²) in [7, 11) is 3.11. The predicted octanol–water partition coefficient (Wildman–Crippen LogP) is 3.13. The molecule has 5 nitrogen and oxygen atoms in total. The van der Waals surface area contributed by atoms with Gasteiger partial charge in [0.05, 0.1) is 6.10 Å². The number of methoxy groups -OCH3 is 2. The Morgan fingerprint density at radius 3 is 2.48 bits per heavy atom. The molecule has 2 rings (SSSR count). The number of carbonyl (C=O) groups excluding carboxylic acids is 1. The zero-order valence-electron chi connectivity index (χ0n) is 15.1. The highest BCUT2D eigenvalue weighted by molar-refractivity contribution is 5.94. The van der Waals surface area contributed by atoms with Crippen LogP contribution in [0.25, 0.3) is 0 Å². The maximum absolute atomic E-state index is 12.3. The molecule has 0 amide bonds. The van der Waals surface area contributed by atoms with Crippen molar-refractivity contribution in [2.45, 2.75) is 37.9 Å². The Labute approximate surface area is 149 Å². The average molecular weight is 348 g/mol. The minimum absolute atomic E-state index is 0.0613. The molecule has 3 atom stereocenters. The van der Waals surface area contributed by atoms with Crippen molar-refractivity contribution >= 4 is 5.78 Å². The summed E-state index contributed by atoms with van der Waals surface area (Å²) < 4.78 is 21.4. The first kappa shape index (κ1) is 19.8. The molecule has 1 aromatic carbocycles. The summed E-state index contributed by atoms with van der Waals surface area (Å²) in [6, 6.07) is 10.4. The van der Waals surface area contributed by atoms with Gasteiger partial charge in [-0.3, -0.25) is 4.79 Å². The number of benzene rings is 1. The van der Waals surface area contributed by atoms with Gasteiger partial charge in [-0.15, -0.1) is 0 Å². The summed E-state index contributed by atoms with van der Waals surface area (Å²) in [5, 5.41) is 0. The highest BCUT2D eigenvalue weighted by atomic mass is 16.7. The number of aryl methyl sites for hydroxylation is 1. The Balaban J connectivity index is 2.03. The Kier molecular flexibility index (Phi) is 8.83. The molecule has 0 spiro atoms. The number of rotatable bonds is 9. The summed E-state index contributed by atoms with van der Waals surface area (Å²) in [6.45, 7) is 0.200. The van der Waals surface area contributed by atoms with E-state index < -0.39 is 6.10 Å². The van der Waals surface area contributed by atoms with Gasteiger partial charge in [-0.25, -0.2) is 0 Å². The first-order chi connectivity index (χ1) is 12.2. The van der Waals surface area contributed by atoms with Crippen molar-refractivity contribution in [2.24, 2.45) is 5.92 Å². The lowest BCUT2D eigenvalue weighted by Crippen LogP contribution is -2.40. The molecule has 0 bridgehead atoms. The van der Waals surface area contributed by atoms with Crippen molar-refractivity contribution < 1.29 is 23.7 Å². The third-order valence-corrected chi connectivity index (χ3v) is 4.38. The monoisotopic (exact) mass is 348 g/mol. The van der Waals surface area contributed by atoms with E-state index in [0.29, 0.717) is 5.92 Å². The van der Waals surface area contributed by atoms with Crippen molar-refractivity contribution in [3.05, 3.63) is 48.0 Å². The third-order valence-electron chi connectivity index (χ3n) is 4.38. The first-order valence-corrected chi connectivity index (χ1v) is 8.70. The third kappa shape index (κ3) is 6.71. The van der Waals surface area contributed by atoms with Gasteiger partial charge >= 0.3 is 0 Å². The van der Waals surface area contributed by atoms with E-state index in [9.17, 15) is 4.79 Å². The van der Waals surface area contributed by atoms with E-state index in [-0.39, 0.29) is 25.5 Å². The minimum Gasteiger partial charge on any atom is -0.359 e. The standard InChI is InChI=1S/C20H28O5/c1-22-14-24-19-13-17(12-11-16-7-4-3-5-8-16)9-6-10-18(21)20(19)25-15-23-2/h3-8,10,17,19-20H,9,11-15H2,1-2H3/b10-6-. The maximum atomic E-state index is 12.3. The van der Waals surface area contributed by atoms with Crippen LogP contribution in [-0.4, -0.2) is 45.8 Å². The van der Waals surface area contributed by atoms with Crippen LogP contribution in [0.2, 0.25) is 0 Å². The van der Waals surface area contributed by atoms with Crippen molar-refractivity contribution in [3.8, 4) is 0 Å². The number of allylic oxidation sites excluding steroid dienone is 1. The van der Waals surface area contributed by atoms with Crippen LogP contribution in [0.5, 0.6) is 0 Å². The van der Waals surface area contributed by atoms with E-state index in [1.54, 1.807) is 13.2 Å². The van der Waals surface area contributed by atoms with Gasteiger partial charge in [-0.05, 0) is 43.2 Å². The van der Waals surface area contributed by atoms with Gasteiger partial charge in [0.25, 0.3) is 0 Å². The van der Waals surface area contributed by atoms with Crippen LogP contribution in [0.1, 0.15) is 24.8 Å². The molecule has 0 aliphatic heterocycles. The summed E-state index contributed by atoms with van der Waals surface area (Å²) in [5.74, 6) is 0.333. The second-order valence-electron chi connectivity index (χ2n) is 6.27. The molecule has 0 saturated carbocycles. The molecule has 1 aliphatic rings. The zero-order chi connectivity index (χ0) is 17.9. The van der Waals surface area contributed by atoms with E-state index in [1.165, 1.54) is 12.7 Å². The van der Waals surface area contributed by atoms with Crippen LogP contribution in [0.15, 0.2) is 42.5 Å². The van der Waals surface area contributed by atoms with Gasteiger partial charge in [-0.2, -0.15) is 0 Å². The van der Waals surface area contributed by atoms with Gasteiger partial charge in [0.15, 0.2) is 5.78 Å². The predicted molar refractivity (Wildman–Crippen MR) is 95.1 cm³/mol. The summed E-state index contributed by atoms with van der Waals surface area (Å²) >= 11 is 0. The molecular weight excluding hydrogens is 320 g/mol. The summed E-state index contributed by atoms with van der Waals surface area (Å²) in [4.78, 5) is 12.3. The largest absolute Gasteiger partial charge is 0.359 e. The topological polar surface area (TPSA) is 54.0 Å². The Morgan fingerprint density at radius 1 is 1.04 bits per heavy atom. The summed E-state index contributed by atoms with van der Waals surface area (Å²) in [5.41, 5.74) is 1.33. The van der Waals surface area contributed by atoms with E-state index >= 15 is 0 Å². The fraction of sp³-hybridized carbons (Fsp3) is 0.550. The molecule has 5 heteroatoms. The lowest BCUT2D eigenvalue weighted by Gasteiger charge is -2.30. The summed E-state index contributed by atoms with van der Waals surface area (Å²) in [6.07, 6.45) is 6.22. The molecule has 0 N–H and O–H groups in total. The maximum Gasteiger partial charge on any atom is 0.186 e. The van der Waals surface area contributed by atoms with Crippen LogP contribution in [0, 0.1) is 5.92 Å². The molecular formula is C20H28O5. The van der Waals surface area contributed by atoms with Gasteiger partial charge < -0.3 is 18.9 Å². The van der Waals surface area contributed by atoms with Gasteiger partial charge in [0.2, 0.25) is 0 Å². The van der Waals surface area contributed by atoms with Crippen molar-refractivity contribution in [3.63, 3.8) is 0 Å². The van der Waals surface area contributed by atoms with Gasteiger partial charge in [-0.1, -0.05) is 36.4 Å². The molecule has 0 fully saturated rings. The zero-order valence-corrected chi connectivity index (χ0v) is 15.1. The Hall–Kier alpha value is -1.53. The van der Waals surface area contributed by atoms with Crippen LogP contribution in [0.4, 0.5) is 0 Å². The van der Waals surface area contributed by atoms with Gasteiger partial charge in [0, 0.05) is 14.2 Å². The van der Waals surface area contributed by atoms with Crippen molar-refractivity contribution in [2.75, 3.05) is 27.8 Å². The fourth-order valence-electron chi connectivity index (χ4n) is 3.10. The molecule has 0 aromatic heterocycles. The highest BCUT2D eigenvalue weighted by Crippen LogP contribution is 2.26. The lowest BCUT2D eigenvalue weighted by atomic mass is 9.86. The fourth-order valence-corrected chi connectivity index (χ4v) is 3.10. The SMILES string of the molecule is COCOC1CC(CCc2ccccc2)C/C=C\C(=O)C1OCOC. The van der Waals surface area contributed by atoms with Crippen LogP contribution >= 0.6 is 0 Å². The molecule has 0 heterocycles. The van der Waals surface area contributed by atoms with Crippen LogP contribution < -0.4 is 0 Å². The quantitative estimate of drug-likeness (QED) is 0.642. The molecule has 1 aromatic rings. The molecule has 25 heavy (non-hydrogen) atoms. The molecule has 0 radical (unpaired) electrons. The van der Waals surface area contributed by atoms with Gasteiger partial charge in [0.1, 0.15) is 19.7 Å². The second kappa shape index (κ2) is 11.2. The van der Waals surface area contributed by atoms with Crippen molar-refractivity contribution in [1.29, 1.82) is 0 Å². The Morgan fingerprint density at radius 2 is 1.76 bits per heavy atom. The first-order valence-electron chi connectivity index (χ1n) is 8.70. The molecule has 0 saturated heterocycles. The second-order valence-corrected chi connectivity index (χ2v) is 6.27. The molecule has 138 valence electrons. The van der Waals surface area contributed by atoms with Crippen LogP contribution in [-0.2, 0) is 30.2 Å². The minimum atomic E-state index is -0.661. The lowest BCUT2D eigenvalue weighted by molar-refractivity contribution is -0.171. The number of ketones is 1.